The molecule has 5 rings (SSSR count). The number of anilines is 1. The van der Waals surface area contributed by atoms with Gasteiger partial charge in [0.05, 0.1) is 29.5 Å². The molecule has 0 unspecified atom stereocenters. The maximum Gasteiger partial charge on any atom is 0.291 e. The quantitative estimate of drug-likeness (QED) is 0.403. The van der Waals surface area contributed by atoms with Gasteiger partial charge in [-0.3, -0.25) is 9.89 Å². The topological polar surface area (TPSA) is 70.7 Å². The van der Waals surface area contributed by atoms with Crippen LogP contribution in [0.4, 0.5) is 5.69 Å². The Morgan fingerprint density at radius 1 is 1.18 bits per heavy atom. The third kappa shape index (κ3) is 4.12. The molecule has 2 aromatic carbocycles. The minimum Gasteiger partial charge on any atom is -0.482 e. The van der Waals surface area contributed by atoms with Crippen LogP contribution >= 0.6 is 45.8 Å². The van der Waals surface area contributed by atoms with Crippen molar-refractivity contribution in [3.63, 3.8) is 0 Å². The molecule has 0 radical (unpaired) electrons. The van der Waals surface area contributed by atoms with E-state index in [0.29, 0.717) is 59.0 Å². The average Bonchev–Trinajstić information content (AvgIpc) is 3.22. The van der Waals surface area contributed by atoms with Crippen LogP contribution in [0.15, 0.2) is 36.4 Å². The lowest BCUT2D eigenvalue weighted by atomic mass is 9.89. The van der Waals surface area contributed by atoms with Crippen LogP contribution in [0, 0.1) is 3.57 Å². The molecule has 1 N–H and O–H groups in total. The highest BCUT2D eigenvalue weighted by atomic mass is 127. The van der Waals surface area contributed by atoms with Gasteiger partial charge in [-0.15, -0.1) is 0 Å². The summed E-state index contributed by atoms with van der Waals surface area (Å²) >= 11 is 14.9. The number of aromatic amines is 1. The Balaban J connectivity index is 1.64. The lowest BCUT2D eigenvalue weighted by Gasteiger charge is -2.38. The smallest absolute Gasteiger partial charge is 0.291 e. The van der Waals surface area contributed by atoms with Gasteiger partial charge < -0.3 is 9.47 Å². The van der Waals surface area contributed by atoms with Gasteiger partial charge in [-0.05, 0) is 72.8 Å². The molecular formula is C23H21Cl2IN4O3. The van der Waals surface area contributed by atoms with Crippen LogP contribution in [0.1, 0.15) is 29.9 Å². The fourth-order valence-corrected chi connectivity index (χ4v) is 5.23. The molecular weight excluding hydrogens is 578 g/mol. The zero-order valence-corrected chi connectivity index (χ0v) is 21.7. The lowest BCUT2D eigenvalue weighted by molar-refractivity contribution is 0.0296. The third-order valence-electron chi connectivity index (χ3n) is 5.75. The fraction of sp³-hybridized carbons (Fsp3) is 0.304. The Bertz CT molecular complexity index is 1240. The first-order valence-corrected chi connectivity index (χ1v) is 12.3. The fourth-order valence-electron chi connectivity index (χ4n) is 4.28. The number of halogens is 3. The summed E-state index contributed by atoms with van der Waals surface area (Å²) in [6.07, 6.45) is 0. The molecule has 0 bridgehead atoms. The average molecular weight is 599 g/mol. The SMILES string of the molecule is CC1(C)Oc2cc(I)ccc2-c2n[nH]c(C(=O)N(c3ccc(Cl)cc3Cl)N3CCOCC3)c21. The molecule has 2 aliphatic rings. The predicted octanol–water partition coefficient (Wildman–Crippen LogP) is 5.51. The summed E-state index contributed by atoms with van der Waals surface area (Å²) in [7, 11) is 0. The molecule has 1 amide bonds. The van der Waals surface area contributed by atoms with Crippen molar-refractivity contribution in [3.8, 4) is 17.0 Å². The number of hydrogen-bond acceptors (Lipinski definition) is 5. The maximum absolute atomic E-state index is 14.1. The van der Waals surface area contributed by atoms with Crippen molar-refractivity contribution in [1.29, 1.82) is 0 Å². The number of hydrogen-bond donors (Lipinski definition) is 1. The number of amides is 1. The number of ether oxygens (including phenoxy) is 2. The molecule has 3 heterocycles. The monoisotopic (exact) mass is 598 g/mol. The van der Waals surface area contributed by atoms with Crippen LogP contribution in [0.3, 0.4) is 0 Å². The van der Waals surface area contributed by atoms with Crippen LogP contribution < -0.4 is 9.75 Å². The van der Waals surface area contributed by atoms with Crippen LogP contribution in [-0.2, 0) is 10.3 Å². The highest BCUT2D eigenvalue weighted by Crippen LogP contribution is 2.46. The molecule has 1 fully saturated rings. The Kier molecular flexibility index (Phi) is 6.07. The molecule has 7 nitrogen and oxygen atoms in total. The maximum atomic E-state index is 14.1. The van der Waals surface area contributed by atoms with E-state index >= 15 is 0 Å². The first kappa shape index (κ1) is 22.9. The number of hydrazine groups is 1. The summed E-state index contributed by atoms with van der Waals surface area (Å²) in [6.45, 7) is 5.99. The molecule has 10 heteroatoms. The third-order valence-corrected chi connectivity index (χ3v) is 6.96. The molecule has 1 saturated heterocycles. The molecule has 0 atom stereocenters. The van der Waals surface area contributed by atoms with E-state index in [-0.39, 0.29) is 5.91 Å². The zero-order chi connectivity index (χ0) is 23.3. The molecule has 0 spiro atoms. The van der Waals surface area contributed by atoms with Crippen molar-refractivity contribution < 1.29 is 14.3 Å². The van der Waals surface area contributed by atoms with E-state index in [1.54, 1.807) is 23.2 Å². The molecule has 2 aliphatic heterocycles. The minimum absolute atomic E-state index is 0.277. The molecule has 172 valence electrons. The summed E-state index contributed by atoms with van der Waals surface area (Å²) < 4.78 is 12.9. The van der Waals surface area contributed by atoms with Gasteiger partial charge in [0, 0.05) is 27.2 Å². The number of nitrogens with zero attached hydrogens (tertiary/aromatic N) is 3. The van der Waals surface area contributed by atoms with Gasteiger partial charge in [0.1, 0.15) is 22.7 Å². The molecule has 0 saturated carbocycles. The van der Waals surface area contributed by atoms with Gasteiger partial charge in [-0.2, -0.15) is 5.10 Å². The van der Waals surface area contributed by atoms with Gasteiger partial charge in [-0.25, -0.2) is 10.0 Å². The number of carbonyl (C=O) groups is 1. The minimum atomic E-state index is -0.773. The summed E-state index contributed by atoms with van der Waals surface area (Å²) in [5, 5.41) is 11.9. The van der Waals surface area contributed by atoms with Crippen molar-refractivity contribution in [1.82, 2.24) is 15.2 Å². The van der Waals surface area contributed by atoms with Crippen molar-refractivity contribution in [2.24, 2.45) is 0 Å². The Hall–Kier alpha value is -1.85. The normalized spacial score (nSPS) is 17.1. The largest absolute Gasteiger partial charge is 0.482 e. The number of rotatable bonds is 3. The Morgan fingerprint density at radius 3 is 2.67 bits per heavy atom. The Morgan fingerprint density at radius 2 is 1.94 bits per heavy atom. The van der Waals surface area contributed by atoms with E-state index in [2.05, 4.69) is 32.8 Å². The van der Waals surface area contributed by atoms with Crippen LogP contribution in [0.2, 0.25) is 10.0 Å². The first-order valence-electron chi connectivity index (χ1n) is 10.5. The van der Waals surface area contributed by atoms with Gasteiger partial charge >= 0.3 is 0 Å². The second-order valence-electron chi connectivity index (χ2n) is 8.35. The Labute approximate surface area is 215 Å². The van der Waals surface area contributed by atoms with Crippen LogP contribution in [0.25, 0.3) is 11.3 Å². The van der Waals surface area contributed by atoms with Crippen LogP contribution in [-0.4, -0.2) is 47.4 Å². The number of fused-ring (bicyclic) bond motifs is 3. The highest BCUT2D eigenvalue weighted by molar-refractivity contribution is 14.1. The molecule has 0 aliphatic carbocycles. The second kappa shape index (κ2) is 8.74. The lowest BCUT2D eigenvalue weighted by Crippen LogP contribution is -2.52. The van der Waals surface area contributed by atoms with Gasteiger partial charge in [0.15, 0.2) is 0 Å². The summed E-state index contributed by atoms with van der Waals surface area (Å²) in [5.41, 5.74) is 2.40. The number of nitrogens with one attached hydrogen (secondary N) is 1. The number of carbonyl (C=O) groups excluding carboxylic acids is 1. The van der Waals surface area contributed by atoms with E-state index in [9.17, 15) is 4.79 Å². The second-order valence-corrected chi connectivity index (χ2v) is 10.4. The van der Waals surface area contributed by atoms with E-state index < -0.39 is 5.60 Å². The van der Waals surface area contributed by atoms with Gasteiger partial charge in [0.2, 0.25) is 0 Å². The molecule has 3 aromatic rings. The van der Waals surface area contributed by atoms with Gasteiger partial charge in [0.25, 0.3) is 5.91 Å². The summed E-state index contributed by atoms with van der Waals surface area (Å²) in [5.74, 6) is 0.469. The van der Waals surface area contributed by atoms with E-state index in [1.807, 2.05) is 37.1 Å². The highest BCUT2D eigenvalue weighted by Gasteiger charge is 2.41. The van der Waals surface area contributed by atoms with E-state index in [0.717, 1.165) is 14.9 Å². The number of aromatic nitrogens is 2. The van der Waals surface area contributed by atoms with E-state index in [1.165, 1.54) is 0 Å². The summed E-state index contributed by atoms with van der Waals surface area (Å²) in [4.78, 5) is 14.1. The first-order chi connectivity index (χ1) is 15.8. The molecule has 1 aromatic heterocycles. The van der Waals surface area contributed by atoms with Crippen molar-refractivity contribution in [2.45, 2.75) is 19.4 Å². The predicted molar refractivity (Wildman–Crippen MR) is 136 cm³/mol. The summed E-state index contributed by atoms with van der Waals surface area (Å²) in [6, 6.07) is 11.0. The number of H-pyrrole nitrogens is 1. The standard InChI is InChI=1S/C23H21Cl2IN4O3/c1-23(2)19-20(15-5-4-14(26)12-18(15)33-23)27-28-21(19)22(31)30(29-7-9-32-10-8-29)17-6-3-13(24)11-16(17)25/h3-6,11-12H,7-10H2,1-2H3,(H,27,28). The number of morpholine rings is 1. The van der Waals surface area contributed by atoms with Crippen molar-refractivity contribution >= 4 is 57.4 Å². The number of benzene rings is 2. The van der Waals surface area contributed by atoms with Crippen molar-refractivity contribution in [2.75, 3.05) is 31.3 Å². The van der Waals surface area contributed by atoms with Crippen LogP contribution in [0.5, 0.6) is 5.75 Å². The van der Waals surface area contributed by atoms with E-state index in [4.69, 9.17) is 32.7 Å². The van der Waals surface area contributed by atoms with Gasteiger partial charge in [-0.1, -0.05) is 23.2 Å². The molecule has 33 heavy (non-hydrogen) atoms. The van der Waals surface area contributed by atoms with Crippen molar-refractivity contribution in [3.05, 3.63) is 61.3 Å². The zero-order valence-electron chi connectivity index (χ0n) is 18.0.